The van der Waals surface area contributed by atoms with Crippen LogP contribution in [0.5, 0.6) is 11.5 Å². The number of ether oxygens (including phenoxy) is 2. The fourth-order valence-corrected chi connectivity index (χ4v) is 4.04. The summed E-state index contributed by atoms with van der Waals surface area (Å²) in [5.74, 6) is 1.54. The Morgan fingerprint density at radius 1 is 0.800 bits per heavy atom. The third kappa shape index (κ3) is 9.01. The van der Waals surface area contributed by atoms with Gasteiger partial charge in [0.05, 0.1) is 18.2 Å². The second-order valence-electron chi connectivity index (χ2n) is 7.32. The van der Waals surface area contributed by atoms with Crippen LogP contribution in [0, 0.1) is 0 Å². The van der Waals surface area contributed by atoms with Crippen LogP contribution in [-0.4, -0.2) is 18.3 Å². The summed E-state index contributed by atoms with van der Waals surface area (Å²) < 4.78 is 11.5. The van der Waals surface area contributed by atoms with E-state index in [4.69, 9.17) is 21.1 Å². The lowest BCUT2D eigenvalue weighted by Gasteiger charge is -2.09. The summed E-state index contributed by atoms with van der Waals surface area (Å²) in [4.78, 5) is 13.5. The summed E-state index contributed by atoms with van der Waals surface area (Å²) in [5.41, 5.74) is 0.497. The average molecular weight is 449 g/mol. The fraction of sp³-hybridized carbons (Fsp3) is 0.480. The molecular weight excluding hydrogens is 416 g/mol. The number of halogens is 1. The first kappa shape index (κ1) is 24.6. The molecule has 0 atom stereocenters. The van der Waals surface area contributed by atoms with E-state index in [0.717, 1.165) is 30.1 Å². The van der Waals surface area contributed by atoms with Crippen molar-refractivity contribution in [2.45, 2.75) is 70.1 Å². The van der Waals surface area contributed by atoms with Gasteiger partial charge in [-0.2, -0.15) is 0 Å². The molecule has 0 unspecified atom stereocenters. The first-order valence-electron chi connectivity index (χ1n) is 11.0. The van der Waals surface area contributed by atoms with Crippen LogP contribution in [0.25, 0.3) is 0 Å². The van der Waals surface area contributed by atoms with Gasteiger partial charge in [0.1, 0.15) is 11.5 Å². The van der Waals surface area contributed by atoms with Gasteiger partial charge in [0, 0.05) is 10.5 Å². The molecule has 0 aliphatic carbocycles. The number of carbonyl (C=O) groups excluding carboxylic acids is 1. The third-order valence-corrected chi connectivity index (χ3v) is 5.95. The molecule has 2 aromatic rings. The van der Waals surface area contributed by atoms with E-state index < -0.39 is 0 Å². The molecule has 164 valence electrons. The largest absolute Gasteiger partial charge is 0.494 e. The van der Waals surface area contributed by atoms with Gasteiger partial charge >= 0.3 is 0 Å². The van der Waals surface area contributed by atoms with Gasteiger partial charge in [-0.05, 0) is 67.1 Å². The lowest BCUT2D eigenvalue weighted by molar-refractivity contribution is 0.108. The minimum Gasteiger partial charge on any atom is -0.494 e. The minimum absolute atomic E-state index is 0.0808. The van der Waals surface area contributed by atoms with Crippen molar-refractivity contribution in [3.8, 4) is 11.5 Å². The maximum Gasteiger partial charge on any atom is 0.225 e. The molecule has 2 aromatic carbocycles. The van der Waals surface area contributed by atoms with Gasteiger partial charge in [0.2, 0.25) is 5.12 Å². The smallest absolute Gasteiger partial charge is 0.225 e. The fourth-order valence-electron chi connectivity index (χ4n) is 2.95. The van der Waals surface area contributed by atoms with E-state index in [-0.39, 0.29) is 5.12 Å². The van der Waals surface area contributed by atoms with E-state index in [1.165, 1.54) is 50.3 Å². The number of hydrogen-bond donors (Lipinski definition) is 0. The van der Waals surface area contributed by atoms with E-state index in [9.17, 15) is 4.79 Å². The van der Waals surface area contributed by atoms with Crippen LogP contribution in [0.15, 0.2) is 47.4 Å². The van der Waals surface area contributed by atoms with Crippen molar-refractivity contribution in [2.24, 2.45) is 0 Å². The maximum absolute atomic E-state index is 12.6. The van der Waals surface area contributed by atoms with Crippen molar-refractivity contribution in [3.63, 3.8) is 0 Å². The normalized spacial score (nSPS) is 10.8. The molecular formula is C25H33ClO3S. The average Bonchev–Trinajstić information content (AvgIpc) is 2.74. The van der Waals surface area contributed by atoms with Gasteiger partial charge in [-0.25, -0.2) is 0 Å². The minimum atomic E-state index is -0.0808. The molecule has 0 aliphatic rings. The predicted molar refractivity (Wildman–Crippen MR) is 127 cm³/mol. The summed E-state index contributed by atoms with van der Waals surface area (Å²) in [7, 11) is 0. The van der Waals surface area contributed by atoms with Crippen molar-refractivity contribution in [2.75, 3.05) is 13.2 Å². The number of unbranched alkanes of at least 4 members (excludes halogenated alkanes) is 6. The number of hydrogen-bond acceptors (Lipinski definition) is 4. The van der Waals surface area contributed by atoms with Gasteiger partial charge in [-0.1, -0.05) is 64.0 Å². The number of thioether (sulfide) groups is 1. The topological polar surface area (TPSA) is 35.5 Å². The number of carbonyl (C=O) groups is 1. The van der Waals surface area contributed by atoms with Gasteiger partial charge in [-0.3, -0.25) is 4.79 Å². The summed E-state index contributed by atoms with van der Waals surface area (Å²) >= 11 is 7.50. The molecule has 0 aromatic heterocycles. The SMILES string of the molecule is CCCCCCOc1ccc(SC(=O)c2ccc(OCCCCCC)cc2Cl)cc1. The first-order chi connectivity index (χ1) is 14.6. The number of benzene rings is 2. The zero-order chi connectivity index (χ0) is 21.6. The Labute approximate surface area is 190 Å². The highest BCUT2D eigenvalue weighted by atomic mass is 35.5. The number of rotatable bonds is 14. The van der Waals surface area contributed by atoms with Crippen LogP contribution in [-0.2, 0) is 0 Å². The van der Waals surface area contributed by atoms with E-state index in [1.807, 2.05) is 30.3 Å². The van der Waals surface area contributed by atoms with E-state index in [1.54, 1.807) is 12.1 Å². The lowest BCUT2D eigenvalue weighted by atomic mass is 10.2. The van der Waals surface area contributed by atoms with Crippen LogP contribution in [0.2, 0.25) is 5.02 Å². The molecule has 5 heteroatoms. The molecule has 3 nitrogen and oxygen atoms in total. The highest BCUT2D eigenvalue weighted by Crippen LogP contribution is 2.30. The molecule has 0 fully saturated rings. The second-order valence-corrected chi connectivity index (χ2v) is 8.77. The molecule has 0 radical (unpaired) electrons. The van der Waals surface area contributed by atoms with Crippen molar-refractivity contribution >= 4 is 28.5 Å². The Morgan fingerprint density at radius 3 is 1.93 bits per heavy atom. The summed E-state index contributed by atoms with van der Waals surface area (Å²) in [6.07, 6.45) is 9.35. The molecule has 0 aliphatic heterocycles. The Balaban J connectivity index is 1.82. The molecule has 0 N–H and O–H groups in total. The van der Waals surface area contributed by atoms with E-state index in [0.29, 0.717) is 22.9 Å². The maximum atomic E-state index is 12.6. The predicted octanol–water partition coefficient (Wildman–Crippen LogP) is 8.19. The Bertz CT molecular complexity index is 761. The van der Waals surface area contributed by atoms with Gasteiger partial charge in [0.15, 0.2) is 0 Å². The van der Waals surface area contributed by atoms with Gasteiger partial charge < -0.3 is 9.47 Å². The molecule has 0 heterocycles. The Kier molecular flexibility index (Phi) is 11.8. The summed E-state index contributed by atoms with van der Waals surface area (Å²) in [6, 6.07) is 12.9. The van der Waals surface area contributed by atoms with Gasteiger partial charge in [0.25, 0.3) is 0 Å². The summed E-state index contributed by atoms with van der Waals surface area (Å²) in [5, 5.41) is 0.341. The standard InChI is InChI=1S/C25H33ClO3S/c1-3-5-7-9-17-28-20-11-14-22(15-12-20)30-25(27)23-16-13-21(19-24(23)26)29-18-10-8-6-4-2/h11-16,19H,3-10,17-18H2,1-2H3. The third-order valence-electron chi connectivity index (χ3n) is 4.73. The second kappa shape index (κ2) is 14.4. The highest BCUT2D eigenvalue weighted by Gasteiger charge is 2.13. The molecule has 0 amide bonds. The van der Waals surface area contributed by atoms with Crippen molar-refractivity contribution < 1.29 is 14.3 Å². The van der Waals surface area contributed by atoms with E-state index in [2.05, 4.69) is 13.8 Å². The van der Waals surface area contributed by atoms with Gasteiger partial charge in [-0.15, -0.1) is 0 Å². The summed E-state index contributed by atoms with van der Waals surface area (Å²) in [6.45, 7) is 5.79. The molecule has 0 saturated heterocycles. The first-order valence-corrected chi connectivity index (χ1v) is 12.2. The molecule has 0 saturated carbocycles. The molecule has 0 bridgehead atoms. The highest BCUT2D eigenvalue weighted by molar-refractivity contribution is 8.14. The monoisotopic (exact) mass is 448 g/mol. The van der Waals surface area contributed by atoms with Crippen LogP contribution in [0.1, 0.15) is 75.6 Å². The van der Waals surface area contributed by atoms with Crippen molar-refractivity contribution in [1.29, 1.82) is 0 Å². The van der Waals surface area contributed by atoms with Crippen LogP contribution >= 0.6 is 23.4 Å². The molecule has 0 spiro atoms. The molecule has 30 heavy (non-hydrogen) atoms. The van der Waals surface area contributed by atoms with Crippen molar-refractivity contribution in [1.82, 2.24) is 0 Å². The Morgan fingerprint density at radius 2 is 1.37 bits per heavy atom. The Hall–Kier alpha value is -1.65. The van der Waals surface area contributed by atoms with Crippen LogP contribution in [0.3, 0.4) is 0 Å². The zero-order valence-corrected chi connectivity index (χ0v) is 19.7. The van der Waals surface area contributed by atoms with Crippen LogP contribution in [0.4, 0.5) is 0 Å². The van der Waals surface area contributed by atoms with Crippen LogP contribution < -0.4 is 9.47 Å². The van der Waals surface area contributed by atoms with Crippen molar-refractivity contribution in [3.05, 3.63) is 53.1 Å². The van der Waals surface area contributed by atoms with E-state index >= 15 is 0 Å². The lowest BCUT2D eigenvalue weighted by Crippen LogP contribution is -1.99. The quantitative estimate of drug-likeness (QED) is 0.215. The molecule has 2 rings (SSSR count). The zero-order valence-electron chi connectivity index (χ0n) is 18.1.